The van der Waals surface area contributed by atoms with E-state index in [0.29, 0.717) is 19.5 Å². The molecule has 0 aliphatic rings. The zero-order chi connectivity index (χ0) is 21.0. The molecule has 0 aliphatic carbocycles. The summed E-state index contributed by atoms with van der Waals surface area (Å²) in [5, 5.41) is 2.90. The van der Waals surface area contributed by atoms with Gasteiger partial charge in [0.25, 0.3) is 0 Å². The molecule has 2 N–H and O–H groups in total. The van der Waals surface area contributed by atoms with Gasteiger partial charge in [0.1, 0.15) is 0 Å². The van der Waals surface area contributed by atoms with Crippen molar-refractivity contribution in [3.8, 4) is 11.8 Å². The Balaban J connectivity index is 2.37. The van der Waals surface area contributed by atoms with Gasteiger partial charge in [-0.3, -0.25) is 4.79 Å². The van der Waals surface area contributed by atoms with Crippen molar-refractivity contribution in [3.63, 3.8) is 0 Å². The highest BCUT2D eigenvalue weighted by Crippen LogP contribution is 2.15. The summed E-state index contributed by atoms with van der Waals surface area (Å²) in [6.07, 6.45) is 3.30. The number of unbranched alkanes of at least 4 members (excludes halogenated alkanes) is 2. The van der Waals surface area contributed by atoms with E-state index >= 15 is 0 Å². The second-order valence-electron chi connectivity index (χ2n) is 7.40. The van der Waals surface area contributed by atoms with Gasteiger partial charge >= 0.3 is 0 Å². The minimum absolute atomic E-state index is 0.0296. The van der Waals surface area contributed by atoms with E-state index in [2.05, 4.69) is 21.9 Å². The van der Waals surface area contributed by atoms with E-state index in [0.717, 1.165) is 30.4 Å². The molecule has 0 heterocycles. The van der Waals surface area contributed by atoms with E-state index in [1.165, 1.54) is 0 Å². The van der Waals surface area contributed by atoms with E-state index in [1.54, 1.807) is 0 Å². The van der Waals surface area contributed by atoms with Crippen LogP contribution in [0.2, 0.25) is 0 Å². The van der Waals surface area contributed by atoms with Crippen molar-refractivity contribution < 1.29 is 13.2 Å². The number of benzene rings is 1. The van der Waals surface area contributed by atoms with Crippen LogP contribution in [0.25, 0.3) is 0 Å². The Hall–Kier alpha value is -1.84. The number of hydrogen-bond donors (Lipinski definition) is 2. The van der Waals surface area contributed by atoms with Crippen LogP contribution in [0.5, 0.6) is 0 Å². The predicted octanol–water partition coefficient (Wildman–Crippen LogP) is 3.41. The molecule has 0 fully saturated rings. The molecule has 5 nitrogen and oxygen atoms in total. The minimum atomic E-state index is -3.17. The van der Waals surface area contributed by atoms with Crippen molar-refractivity contribution in [3.05, 3.63) is 35.4 Å². The highest BCUT2D eigenvalue weighted by Gasteiger charge is 2.12. The molecule has 0 bridgehead atoms. The average Bonchev–Trinajstić information content (AvgIpc) is 2.65. The van der Waals surface area contributed by atoms with Crippen LogP contribution < -0.4 is 10.0 Å². The fourth-order valence-electron chi connectivity index (χ4n) is 2.52. The maximum Gasteiger partial charge on any atom is 0.222 e. The molecule has 1 rings (SSSR count). The maximum atomic E-state index is 11.7. The van der Waals surface area contributed by atoms with Crippen molar-refractivity contribution in [2.24, 2.45) is 5.92 Å². The third kappa shape index (κ3) is 9.91. The Labute approximate surface area is 170 Å². The quantitative estimate of drug-likeness (QED) is 0.437. The second-order valence-corrected chi connectivity index (χ2v) is 9.32. The molecule has 156 valence electrons. The van der Waals surface area contributed by atoms with Gasteiger partial charge in [-0.2, -0.15) is 0 Å². The Morgan fingerprint density at radius 3 is 2.39 bits per heavy atom. The van der Waals surface area contributed by atoms with Gasteiger partial charge in [0.05, 0.1) is 5.75 Å². The van der Waals surface area contributed by atoms with E-state index in [1.807, 2.05) is 52.0 Å². The molecule has 0 spiro atoms. The lowest BCUT2D eigenvalue weighted by atomic mass is 10.0. The van der Waals surface area contributed by atoms with E-state index in [4.69, 9.17) is 0 Å². The van der Waals surface area contributed by atoms with Gasteiger partial charge < -0.3 is 5.32 Å². The lowest BCUT2D eigenvalue weighted by Crippen LogP contribution is -2.29. The molecule has 0 aliphatic heterocycles. The van der Waals surface area contributed by atoms with Crippen molar-refractivity contribution in [1.82, 2.24) is 10.0 Å². The fraction of sp³-hybridized carbons (Fsp3) is 0.591. The number of sulfonamides is 1. The van der Waals surface area contributed by atoms with Crippen molar-refractivity contribution in [1.29, 1.82) is 0 Å². The van der Waals surface area contributed by atoms with Crippen LogP contribution in [0, 0.1) is 17.8 Å². The van der Waals surface area contributed by atoms with Gasteiger partial charge in [-0.15, -0.1) is 0 Å². The van der Waals surface area contributed by atoms with Crippen molar-refractivity contribution >= 4 is 15.9 Å². The molecular weight excluding hydrogens is 372 g/mol. The molecule has 6 heteroatoms. The monoisotopic (exact) mass is 406 g/mol. The first-order chi connectivity index (χ1) is 13.2. The summed E-state index contributed by atoms with van der Waals surface area (Å²) in [6.45, 7) is 8.74. The summed E-state index contributed by atoms with van der Waals surface area (Å²) < 4.78 is 26.2. The molecule has 1 aromatic rings. The first-order valence-electron chi connectivity index (χ1n) is 10.1. The van der Waals surface area contributed by atoms with Crippen LogP contribution in [-0.4, -0.2) is 33.2 Å². The molecule has 0 saturated heterocycles. The summed E-state index contributed by atoms with van der Waals surface area (Å²) in [5.74, 6) is 6.72. The lowest BCUT2D eigenvalue weighted by molar-refractivity contribution is -0.123. The summed E-state index contributed by atoms with van der Waals surface area (Å²) in [6, 6.07) is 7.96. The first kappa shape index (κ1) is 24.2. The maximum absolute atomic E-state index is 11.7. The average molecular weight is 407 g/mol. The summed E-state index contributed by atoms with van der Waals surface area (Å²) >= 11 is 0. The van der Waals surface area contributed by atoms with Crippen LogP contribution >= 0.6 is 0 Å². The van der Waals surface area contributed by atoms with Crippen LogP contribution in [0.1, 0.15) is 70.4 Å². The largest absolute Gasteiger partial charge is 0.356 e. The van der Waals surface area contributed by atoms with E-state index < -0.39 is 10.0 Å². The molecule has 0 aromatic heterocycles. The summed E-state index contributed by atoms with van der Waals surface area (Å²) in [5.41, 5.74) is 2.04. The molecular formula is C22H34N2O3S. The van der Waals surface area contributed by atoms with E-state index in [-0.39, 0.29) is 23.5 Å². The van der Waals surface area contributed by atoms with Gasteiger partial charge in [0, 0.05) is 31.0 Å². The lowest BCUT2D eigenvalue weighted by Gasteiger charge is -2.13. The summed E-state index contributed by atoms with van der Waals surface area (Å²) in [4.78, 5) is 11.4. The number of carbonyl (C=O) groups excluding carboxylic acids is 1. The molecule has 28 heavy (non-hydrogen) atoms. The van der Waals surface area contributed by atoms with Crippen LogP contribution in [0.3, 0.4) is 0 Å². The number of amides is 1. The molecule has 1 aromatic carbocycles. The highest BCUT2D eigenvalue weighted by molar-refractivity contribution is 7.89. The normalized spacial score (nSPS) is 12.3. The Kier molecular flexibility index (Phi) is 10.9. The molecule has 0 radical (unpaired) electrons. The predicted molar refractivity (Wildman–Crippen MR) is 116 cm³/mol. The molecule has 0 saturated carbocycles. The molecule has 1 amide bonds. The number of hydrogen-bond acceptors (Lipinski definition) is 3. The van der Waals surface area contributed by atoms with Gasteiger partial charge in [0.15, 0.2) is 0 Å². The number of nitrogens with one attached hydrogen (secondary N) is 2. The number of rotatable bonds is 11. The van der Waals surface area contributed by atoms with Gasteiger partial charge in [-0.05, 0) is 42.9 Å². The Morgan fingerprint density at radius 1 is 1.11 bits per heavy atom. The van der Waals surface area contributed by atoms with Gasteiger partial charge in [-0.25, -0.2) is 13.1 Å². The molecule has 1 unspecified atom stereocenters. The Morgan fingerprint density at radius 2 is 1.79 bits per heavy atom. The van der Waals surface area contributed by atoms with Crippen LogP contribution in [-0.2, 0) is 14.8 Å². The first-order valence-corrected chi connectivity index (χ1v) is 11.7. The van der Waals surface area contributed by atoms with E-state index in [9.17, 15) is 13.2 Å². The summed E-state index contributed by atoms with van der Waals surface area (Å²) in [7, 11) is -3.17. The Bertz CT molecular complexity index is 759. The minimum Gasteiger partial charge on any atom is -0.356 e. The highest BCUT2D eigenvalue weighted by atomic mass is 32.2. The van der Waals surface area contributed by atoms with Gasteiger partial charge in [-0.1, -0.05) is 51.7 Å². The zero-order valence-electron chi connectivity index (χ0n) is 17.5. The second kappa shape index (κ2) is 12.6. The third-order valence-corrected chi connectivity index (χ3v) is 5.90. The van der Waals surface area contributed by atoms with Crippen LogP contribution in [0.15, 0.2) is 24.3 Å². The molecule has 1 atom stereocenters. The SMILES string of the molecule is CCCS(=O)(=O)NCC(C)c1ccc(C#CCCCCNC(=O)C(C)C)cc1. The fourth-order valence-corrected chi connectivity index (χ4v) is 3.71. The van der Waals surface area contributed by atoms with Crippen molar-refractivity contribution in [2.45, 2.75) is 59.3 Å². The van der Waals surface area contributed by atoms with Gasteiger partial charge in [0.2, 0.25) is 15.9 Å². The number of carbonyl (C=O) groups is 1. The standard InChI is InChI=1S/C22H34N2O3S/c1-5-16-28(26,27)24-17-19(4)21-13-11-20(12-14-21)10-8-6-7-9-15-23-22(25)18(2)3/h11-14,18-19,24H,5-7,9,15-17H2,1-4H3,(H,23,25). The van der Waals surface area contributed by atoms with Crippen molar-refractivity contribution in [2.75, 3.05) is 18.8 Å². The third-order valence-electron chi connectivity index (χ3n) is 4.35. The van der Waals surface area contributed by atoms with Crippen LogP contribution in [0.4, 0.5) is 0 Å². The smallest absolute Gasteiger partial charge is 0.222 e. The zero-order valence-corrected chi connectivity index (χ0v) is 18.4. The topological polar surface area (TPSA) is 75.3 Å².